The molecular formula is C24H34N2O5S. The Morgan fingerprint density at radius 1 is 1.25 bits per heavy atom. The van der Waals surface area contributed by atoms with E-state index in [1.807, 2.05) is 42.1 Å². The summed E-state index contributed by atoms with van der Waals surface area (Å²) in [5, 5.41) is 12.9. The third-order valence-electron chi connectivity index (χ3n) is 6.59. The zero-order chi connectivity index (χ0) is 23.1. The van der Waals surface area contributed by atoms with Gasteiger partial charge in [0, 0.05) is 6.54 Å². The quantitative estimate of drug-likeness (QED) is 0.545. The fourth-order valence-electron chi connectivity index (χ4n) is 4.76. The smallest absolute Gasteiger partial charge is 0.326 e. The second-order valence-electron chi connectivity index (χ2n) is 8.85. The molecule has 176 valence electrons. The summed E-state index contributed by atoms with van der Waals surface area (Å²) >= 11 is 1.89. The third-order valence-corrected chi connectivity index (χ3v) is 7.57. The first-order chi connectivity index (χ1) is 15.3. The van der Waals surface area contributed by atoms with Gasteiger partial charge in [-0.2, -0.15) is 11.8 Å². The molecule has 2 aliphatic heterocycles. The van der Waals surface area contributed by atoms with Gasteiger partial charge in [0.1, 0.15) is 12.1 Å². The normalized spacial score (nSPS) is 21.8. The van der Waals surface area contributed by atoms with Crippen LogP contribution in [0.1, 0.15) is 45.1 Å². The molecule has 0 bridgehead atoms. The maximum atomic E-state index is 13.3. The topological polar surface area (TPSA) is 95.9 Å². The lowest BCUT2D eigenvalue weighted by Crippen LogP contribution is -2.53. The van der Waals surface area contributed by atoms with Crippen molar-refractivity contribution in [2.24, 2.45) is 5.41 Å². The van der Waals surface area contributed by atoms with Gasteiger partial charge in [0.25, 0.3) is 0 Å². The third kappa shape index (κ3) is 6.04. The first-order valence-electron chi connectivity index (χ1n) is 11.4. The van der Waals surface area contributed by atoms with E-state index in [1.54, 1.807) is 13.8 Å². The minimum absolute atomic E-state index is 0.0997. The fourth-order valence-corrected chi connectivity index (χ4v) is 6.12. The highest BCUT2D eigenvalue weighted by Gasteiger charge is 2.49. The molecule has 2 saturated heterocycles. The van der Waals surface area contributed by atoms with Crippen LogP contribution >= 0.6 is 11.8 Å². The van der Waals surface area contributed by atoms with E-state index in [-0.39, 0.29) is 23.9 Å². The van der Waals surface area contributed by atoms with Crippen LogP contribution in [0.15, 0.2) is 30.3 Å². The average Bonchev–Trinajstić information content (AvgIpc) is 3.16. The number of likely N-dealkylation sites (tertiary alicyclic amines) is 1. The maximum Gasteiger partial charge on any atom is 0.326 e. The number of rotatable bonds is 9. The summed E-state index contributed by atoms with van der Waals surface area (Å²) in [6.45, 7) is 4.20. The Morgan fingerprint density at radius 3 is 2.56 bits per heavy atom. The fraction of sp³-hybridized carbons (Fsp3) is 0.625. The minimum atomic E-state index is -0.952. The Balaban J connectivity index is 1.68. The van der Waals surface area contributed by atoms with Gasteiger partial charge in [0.2, 0.25) is 5.91 Å². The van der Waals surface area contributed by atoms with Crippen molar-refractivity contribution in [1.29, 1.82) is 0 Å². The number of aliphatic carboxylic acids is 1. The van der Waals surface area contributed by atoms with E-state index in [2.05, 4.69) is 5.32 Å². The van der Waals surface area contributed by atoms with Crippen molar-refractivity contribution < 1.29 is 24.2 Å². The molecule has 1 aromatic carbocycles. The summed E-state index contributed by atoms with van der Waals surface area (Å²) in [7, 11) is 0. The van der Waals surface area contributed by atoms with E-state index in [4.69, 9.17) is 4.74 Å². The summed E-state index contributed by atoms with van der Waals surface area (Å²) in [6, 6.07) is 7.72. The Hall–Kier alpha value is -2.06. The predicted molar refractivity (Wildman–Crippen MR) is 125 cm³/mol. The van der Waals surface area contributed by atoms with Crippen LogP contribution in [0, 0.1) is 5.41 Å². The number of hydrogen-bond donors (Lipinski definition) is 2. The molecule has 1 unspecified atom stereocenters. The molecule has 3 rings (SSSR count). The number of amides is 1. The molecule has 8 heteroatoms. The molecule has 0 aromatic heterocycles. The van der Waals surface area contributed by atoms with E-state index in [9.17, 15) is 19.5 Å². The van der Waals surface area contributed by atoms with Crippen LogP contribution in [0.4, 0.5) is 0 Å². The highest BCUT2D eigenvalue weighted by Crippen LogP contribution is 2.45. The number of nitrogens with zero attached hydrogens (tertiary/aromatic N) is 1. The molecule has 2 fully saturated rings. The monoisotopic (exact) mass is 462 g/mol. The van der Waals surface area contributed by atoms with Crippen LogP contribution in [-0.2, 0) is 25.5 Å². The van der Waals surface area contributed by atoms with E-state index in [1.165, 1.54) is 4.90 Å². The predicted octanol–water partition coefficient (Wildman–Crippen LogP) is 2.73. The Morgan fingerprint density at radius 2 is 1.94 bits per heavy atom. The van der Waals surface area contributed by atoms with E-state index < -0.39 is 24.1 Å². The molecule has 1 spiro atoms. The number of carboxylic acid groups (broad SMARTS) is 1. The lowest BCUT2D eigenvalue weighted by atomic mass is 9.80. The summed E-state index contributed by atoms with van der Waals surface area (Å²) in [5.74, 6) is 0.410. The number of carbonyl (C=O) groups is 3. The Bertz CT molecular complexity index is 797. The van der Waals surface area contributed by atoms with Crippen molar-refractivity contribution in [3.05, 3.63) is 35.9 Å². The van der Waals surface area contributed by atoms with Crippen molar-refractivity contribution >= 4 is 29.6 Å². The number of hydrogen-bond acceptors (Lipinski definition) is 6. The number of ether oxygens (including phenoxy) is 1. The highest BCUT2D eigenvalue weighted by atomic mass is 32.2. The van der Waals surface area contributed by atoms with E-state index >= 15 is 0 Å². The summed E-state index contributed by atoms with van der Waals surface area (Å²) in [5.41, 5.74) is 1.00. The summed E-state index contributed by atoms with van der Waals surface area (Å²) in [4.78, 5) is 39.3. The van der Waals surface area contributed by atoms with Gasteiger partial charge in [-0.05, 0) is 68.4 Å². The molecule has 3 atom stereocenters. The van der Waals surface area contributed by atoms with E-state index in [0.29, 0.717) is 25.8 Å². The van der Waals surface area contributed by atoms with Crippen molar-refractivity contribution in [2.45, 2.75) is 64.1 Å². The van der Waals surface area contributed by atoms with Gasteiger partial charge in [-0.3, -0.25) is 14.9 Å². The number of aryl methyl sites for hydroxylation is 1. The molecule has 1 aromatic rings. The molecule has 0 radical (unpaired) electrons. The van der Waals surface area contributed by atoms with Crippen LogP contribution < -0.4 is 5.32 Å². The van der Waals surface area contributed by atoms with Gasteiger partial charge in [-0.25, -0.2) is 4.79 Å². The molecule has 1 amide bonds. The van der Waals surface area contributed by atoms with Gasteiger partial charge < -0.3 is 14.7 Å². The van der Waals surface area contributed by atoms with Gasteiger partial charge in [0.05, 0.1) is 12.6 Å². The van der Waals surface area contributed by atoms with Crippen LogP contribution in [0.25, 0.3) is 0 Å². The minimum Gasteiger partial charge on any atom is -0.480 e. The van der Waals surface area contributed by atoms with Gasteiger partial charge in [-0.15, -0.1) is 0 Å². The second kappa shape index (κ2) is 11.2. The van der Waals surface area contributed by atoms with Crippen molar-refractivity contribution in [3.63, 3.8) is 0 Å². The number of esters is 1. The van der Waals surface area contributed by atoms with Gasteiger partial charge in [0.15, 0.2) is 0 Å². The number of benzene rings is 1. The molecule has 2 aliphatic rings. The summed E-state index contributed by atoms with van der Waals surface area (Å²) < 4.78 is 5.23. The lowest BCUT2D eigenvalue weighted by molar-refractivity contribution is -0.150. The molecule has 32 heavy (non-hydrogen) atoms. The molecule has 2 N–H and O–H groups in total. The molecule has 0 saturated carbocycles. The van der Waals surface area contributed by atoms with Gasteiger partial charge >= 0.3 is 11.9 Å². The first-order valence-corrected chi connectivity index (χ1v) is 12.6. The van der Waals surface area contributed by atoms with Crippen molar-refractivity contribution in [3.8, 4) is 0 Å². The first kappa shape index (κ1) is 24.6. The lowest BCUT2D eigenvalue weighted by Gasteiger charge is -2.33. The zero-order valence-corrected chi connectivity index (χ0v) is 19.7. The van der Waals surface area contributed by atoms with E-state index in [0.717, 1.165) is 29.9 Å². The average molecular weight is 463 g/mol. The van der Waals surface area contributed by atoms with Crippen LogP contribution in [0.5, 0.6) is 0 Å². The highest BCUT2D eigenvalue weighted by molar-refractivity contribution is 7.99. The standard InChI is InChI=1S/C24H34N2O5S/c1-3-31-23(30)19(10-9-18-7-5-4-6-8-18)25-17(2)21(27)26-16-24(11-13-32-14-12-24)15-20(26)22(28)29/h4-8,17,19-20,25H,3,9-16H2,1-2H3,(H,28,29)/t17-,19?,20-/m0/s1. The largest absolute Gasteiger partial charge is 0.480 e. The second-order valence-corrected chi connectivity index (χ2v) is 10.1. The van der Waals surface area contributed by atoms with Crippen molar-refractivity contribution in [2.75, 3.05) is 24.7 Å². The number of carbonyl (C=O) groups excluding carboxylic acids is 2. The SMILES string of the molecule is CCOC(=O)C(CCc1ccccc1)N[C@@H](C)C(=O)N1CC2(CCSCC2)C[C@H]1C(=O)O. The number of thioether (sulfide) groups is 1. The number of carboxylic acids is 1. The molecule has 2 heterocycles. The molecule has 7 nitrogen and oxygen atoms in total. The van der Waals surface area contributed by atoms with Crippen LogP contribution in [0.2, 0.25) is 0 Å². The van der Waals surface area contributed by atoms with Crippen molar-refractivity contribution in [1.82, 2.24) is 10.2 Å². The molecule has 0 aliphatic carbocycles. The van der Waals surface area contributed by atoms with Crippen LogP contribution in [-0.4, -0.2) is 70.6 Å². The number of nitrogens with one attached hydrogen (secondary N) is 1. The Kier molecular flexibility index (Phi) is 8.59. The maximum absolute atomic E-state index is 13.3. The summed E-state index contributed by atoms with van der Waals surface area (Å²) in [6.07, 6.45) is 3.55. The van der Waals surface area contributed by atoms with Crippen LogP contribution in [0.3, 0.4) is 0 Å². The Labute approximate surface area is 194 Å². The zero-order valence-electron chi connectivity index (χ0n) is 18.9. The molecular weight excluding hydrogens is 428 g/mol. The van der Waals surface area contributed by atoms with Gasteiger partial charge in [-0.1, -0.05) is 30.3 Å².